The van der Waals surface area contributed by atoms with Gasteiger partial charge in [-0.2, -0.15) is 0 Å². The molecule has 0 bridgehead atoms. The highest BCUT2D eigenvalue weighted by Crippen LogP contribution is 2.34. The highest BCUT2D eigenvalue weighted by Gasteiger charge is 2.22. The van der Waals surface area contributed by atoms with Crippen molar-refractivity contribution in [3.05, 3.63) is 53.3 Å². The van der Waals surface area contributed by atoms with Crippen molar-refractivity contribution in [2.45, 2.75) is 39.7 Å². The molecule has 0 saturated carbocycles. The van der Waals surface area contributed by atoms with E-state index in [4.69, 9.17) is 9.47 Å². The van der Waals surface area contributed by atoms with Gasteiger partial charge in [0.1, 0.15) is 0 Å². The van der Waals surface area contributed by atoms with E-state index < -0.39 is 0 Å². The largest absolute Gasteiger partial charge is 0.490 e. The Morgan fingerprint density at radius 1 is 1.15 bits per heavy atom. The Morgan fingerprint density at radius 3 is 2.54 bits per heavy atom. The van der Waals surface area contributed by atoms with Crippen LogP contribution in [-0.4, -0.2) is 35.5 Å². The first kappa shape index (κ1) is 18.2. The molecule has 0 aliphatic carbocycles. The number of benzene rings is 1. The quantitative estimate of drug-likeness (QED) is 0.765. The van der Waals surface area contributed by atoms with Gasteiger partial charge in [-0.3, -0.25) is 9.78 Å². The molecule has 0 saturated heterocycles. The van der Waals surface area contributed by atoms with Crippen molar-refractivity contribution in [1.82, 2.24) is 9.88 Å². The Balaban J connectivity index is 1.68. The lowest BCUT2D eigenvalue weighted by Crippen LogP contribution is -2.36. The van der Waals surface area contributed by atoms with Crippen LogP contribution in [0.4, 0.5) is 0 Å². The number of hydrogen-bond donors (Lipinski definition) is 0. The van der Waals surface area contributed by atoms with E-state index in [2.05, 4.69) is 11.1 Å². The fraction of sp³-hybridized carbons (Fsp3) is 0.429. The molecular formula is C21H26N2O3. The van der Waals surface area contributed by atoms with Crippen molar-refractivity contribution >= 4 is 5.91 Å². The molecule has 2 heterocycles. The number of amides is 1. The molecule has 5 heteroatoms. The molecular weight excluding hydrogens is 328 g/mol. The highest BCUT2D eigenvalue weighted by molar-refractivity contribution is 5.77. The van der Waals surface area contributed by atoms with Crippen molar-refractivity contribution in [2.24, 2.45) is 0 Å². The first-order valence-corrected chi connectivity index (χ1v) is 9.29. The SMILES string of the molecule is CCOc1cc2c(cc1OCC)CN(C(=O)CCc1cccnc1)CC2. The third-order valence-electron chi connectivity index (χ3n) is 4.58. The van der Waals surface area contributed by atoms with Crippen LogP contribution in [0.25, 0.3) is 0 Å². The Hall–Kier alpha value is -2.56. The zero-order valence-corrected chi connectivity index (χ0v) is 15.5. The minimum Gasteiger partial charge on any atom is -0.490 e. The van der Waals surface area contributed by atoms with Gasteiger partial charge in [0, 0.05) is 31.9 Å². The number of carbonyl (C=O) groups excluding carboxylic acids is 1. The van der Waals surface area contributed by atoms with E-state index in [1.165, 1.54) is 5.56 Å². The molecule has 5 nitrogen and oxygen atoms in total. The Kier molecular flexibility index (Phi) is 6.10. The van der Waals surface area contributed by atoms with Crippen LogP contribution in [0.5, 0.6) is 11.5 Å². The summed E-state index contributed by atoms with van der Waals surface area (Å²) < 4.78 is 11.4. The number of aryl methyl sites for hydroxylation is 1. The van der Waals surface area contributed by atoms with Crippen LogP contribution in [0.15, 0.2) is 36.7 Å². The van der Waals surface area contributed by atoms with Gasteiger partial charge >= 0.3 is 0 Å². The second-order valence-electron chi connectivity index (χ2n) is 6.36. The Labute approximate surface area is 155 Å². The fourth-order valence-corrected chi connectivity index (χ4v) is 3.27. The molecule has 0 spiro atoms. The minimum atomic E-state index is 0.186. The maximum Gasteiger partial charge on any atom is 0.223 e. The van der Waals surface area contributed by atoms with Crippen LogP contribution in [0.3, 0.4) is 0 Å². The molecule has 138 valence electrons. The first-order chi connectivity index (χ1) is 12.7. The number of ether oxygens (including phenoxy) is 2. The average molecular weight is 354 g/mol. The van der Waals surface area contributed by atoms with Crippen LogP contribution >= 0.6 is 0 Å². The fourth-order valence-electron chi connectivity index (χ4n) is 3.27. The normalized spacial score (nSPS) is 13.2. The Bertz CT molecular complexity index is 746. The van der Waals surface area contributed by atoms with Gasteiger partial charge in [0.15, 0.2) is 11.5 Å². The molecule has 1 aromatic carbocycles. The number of aromatic nitrogens is 1. The van der Waals surface area contributed by atoms with Crippen molar-refractivity contribution < 1.29 is 14.3 Å². The average Bonchev–Trinajstić information content (AvgIpc) is 2.67. The van der Waals surface area contributed by atoms with Gasteiger partial charge < -0.3 is 14.4 Å². The minimum absolute atomic E-state index is 0.186. The highest BCUT2D eigenvalue weighted by atomic mass is 16.5. The maximum absolute atomic E-state index is 12.6. The standard InChI is InChI=1S/C21H26N2O3/c1-3-25-19-12-17-9-11-23(15-18(17)13-20(19)26-4-2)21(24)8-7-16-6-5-10-22-14-16/h5-6,10,12-14H,3-4,7-9,11,15H2,1-2H3. The summed E-state index contributed by atoms with van der Waals surface area (Å²) in [6.07, 6.45) is 5.65. The molecule has 0 radical (unpaired) electrons. The van der Waals surface area contributed by atoms with Crippen LogP contribution < -0.4 is 9.47 Å². The van der Waals surface area contributed by atoms with Crippen LogP contribution in [-0.2, 0) is 24.2 Å². The van der Waals surface area contributed by atoms with E-state index in [9.17, 15) is 4.79 Å². The predicted octanol–water partition coefficient (Wildman–Crippen LogP) is 3.40. The zero-order chi connectivity index (χ0) is 18.4. The molecule has 3 rings (SSSR count). The molecule has 0 atom stereocenters. The monoisotopic (exact) mass is 354 g/mol. The zero-order valence-electron chi connectivity index (χ0n) is 15.5. The molecule has 1 aliphatic rings. The van der Waals surface area contributed by atoms with E-state index >= 15 is 0 Å². The maximum atomic E-state index is 12.6. The number of rotatable bonds is 7. The molecule has 0 N–H and O–H groups in total. The van der Waals surface area contributed by atoms with E-state index in [1.807, 2.05) is 43.1 Å². The van der Waals surface area contributed by atoms with Crippen molar-refractivity contribution in [3.63, 3.8) is 0 Å². The molecule has 2 aromatic rings. The summed E-state index contributed by atoms with van der Waals surface area (Å²) in [4.78, 5) is 18.7. The van der Waals surface area contributed by atoms with Crippen molar-refractivity contribution in [2.75, 3.05) is 19.8 Å². The van der Waals surface area contributed by atoms with Gasteiger partial charge in [0.25, 0.3) is 0 Å². The van der Waals surface area contributed by atoms with Crippen LogP contribution in [0.1, 0.15) is 37.0 Å². The number of carbonyl (C=O) groups is 1. The number of nitrogens with zero attached hydrogens (tertiary/aromatic N) is 2. The molecule has 1 aromatic heterocycles. The number of pyridine rings is 1. The summed E-state index contributed by atoms with van der Waals surface area (Å²) in [5.74, 6) is 1.74. The third kappa shape index (κ3) is 4.34. The Morgan fingerprint density at radius 2 is 1.88 bits per heavy atom. The lowest BCUT2D eigenvalue weighted by Gasteiger charge is -2.30. The molecule has 0 unspecified atom stereocenters. The van der Waals surface area contributed by atoms with Crippen molar-refractivity contribution in [1.29, 1.82) is 0 Å². The van der Waals surface area contributed by atoms with Crippen LogP contribution in [0, 0.1) is 0 Å². The molecule has 26 heavy (non-hydrogen) atoms. The second-order valence-corrected chi connectivity index (χ2v) is 6.36. The van der Waals surface area contributed by atoms with Crippen LogP contribution in [0.2, 0.25) is 0 Å². The van der Waals surface area contributed by atoms with E-state index in [1.54, 1.807) is 6.20 Å². The first-order valence-electron chi connectivity index (χ1n) is 9.29. The van der Waals surface area contributed by atoms with E-state index in [0.717, 1.165) is 42.0 Å². The third-order valence-corrected chi connectivity index (χ3v) is 4.58. The van der Waals surface area contributed by atoms with Gasteiger partial charge in [0.2, 0.25) is 5.91 Å². The van der Waals surface area contributed by atoms with Gasteiger partial charge in [-0.15, -0.1) is 0 Å². The van der Waals surface area contributed by atoms with Gasteiger partial charge in [-0.05, 0) is 61.6 Å². The summed E-state index contributed by atoms with van der Waals surface area (Å²) in [5, 5.41) is 0. The predicted molar refractivity (Wildman–Crippen MR) is 100 cm³/mol. The van der Waals surface area contributed by atoms with Crippen molar-refractivity contribution in [3.8, 4) is 11.5 Å². The smallest absolute Gasteiger partial charge is 0.223 e. The molecule has 1 aliphatic heterocycles. The molecule has 1 amide bonds. The summed E-state index contributed by atoms with van der Waals surface area (Å²) in [6, 6.07) is 8.02. The summed E-state index contributed by atoms with van der Waals surface area (Å²) >= 11 is 0. The van der Waals surface area contributed by atoms with Gasteiger partial charge in [-0.1, -0.05) is 6.07 Å². The second kappa shape index (κ2) is 8.70. The summed E-state index contributed by atoms with van der Waals surface area (Å²) in [5.41, 5.74) is 3.49. The molecule has 0 fully saturated rings. The topological polar surface area (TPSA) is 51.7 Å². The lowest BCUT2D eigenvalue weighted by molar-refractivity contribution is -0.132. The number of hydrogen-bond acceptors (Lipinski definition) is 4. The lowest BCUT2D eigenvalue weighted by atomic mass is 9.98. The number of fused-ring (bicyclic) bond motifs is 1. The summed E-state index contributed by atoms with van der Waals surface area (Å²) in [6.45, 7) is 6.51. The summed E-state index contributed by atoms with van der Waals surface area (Å²) in [7, 11) is 0. The van der Waals surface area contributed by atoms with E-state index in [0.29, 0.717) is 26.2 Å². The van der Waals surface area contributed by atoms with Gasteiger partial charge in [0.05, 0.1) is 13.2 Å². The van der Waals surface area contributed by atoms with E-state index in [-0.39, 0.29) is 5.91 Å². The van der Waals surface area contributed by atoms with Gasteiger partial charge in [-0.25, -0.2) is 0 Å².